The molecule has 3 atom stereocenters. The van der Waals surface area contributed by atoms with E-state index < -0.39 is 51.9 Å². The highest BCUT2D eigenvalue weighted by Gasteiger charge is 2.62. The number of methoxy groups -OCH3 is 1. The summed E-state index contributed by atoms with van der Waals surface area (Å²) in [6.45, 7) is -1.52. The quantitative estimate of drug-likeness (QED) is 0.650. The number of fused-ring (bicyclic) bond motifs is 1. The average Bonchev–Trinajstić information content (AvgIpc) is 3.19. The molecule has 0 radical (unpaired) electrons. The molecule has 1 saturated heterocycles. The van der Waals surface area contributed by atoms with Crippen molar-refractivity contribution in [1.29, 1.82) is 0 Å². The lowest BCUT2D eigenvalue weighted by Crippen LogP contribution is -2.59. The number of hydrogen-bond donors (Lipinski definition) is 2. The van der Waals surface area contributed by atoms with E-state index in [0.29, 0.717) is 5.75 Å². The van der Waals surface area contributed by atoms with Gasteiger partial charge in [0, 0.05) is 18.3 Å². The number of anilines is 1. The minimum Gasteiger partial charge on any atom is -0.495 e. The number of amides is 1. The third-order valence-corrected chi connectivity index (χ3v) is 8.00. The summed E-state index contributed by atoms with van der Waals surface area (Å²) in [5.74, 6) is -1.32. The van der Waals surface area contributed by atoms with Crippen LogP contribution in [-0.2, 0) is 20.3 Å². The van der Waals surface area contributed by atoms with Gasteiger partial charge >= 0.3 is 0 Å². The van der Waals surface area contributed by atoms with E-state index in [9.17, 15) is 17.6 Å². The second kappa shape index (κ2) is 8.23. The Bertz CT molecular complexity index is 1220. The lowest BCUT2D eigenvalue weighted by molar-refractivity contribution is 0.0847. The van der Waals surface area contributed by atoms with Crippen LogP contribution in [0.1, 0.15) is 16.1 Å². The highest BCUT2D eigenvalue weighted by atomic mass is 32.2. The van der Waals surface area contributed by atoms with Crippen molar-refractivity contribution in [3.8, 4) is 5.75 Å². The van der Waals surface area contributed by atoms with Crippen molar-refractivity contribution in [3.63, 3.8) is 0 Å². The van der Waals surface area contributed by atoms with Crippen LogP contribution < -0.4 is 15.8 Å². The molecule has 13 heteroatoms. The number of nitrogens with two attached hydrogens (primary N) is 1. The summed E-state index contributed by atoms with van der Waals surface area (Å²) in [6.07, 6.45) is -0.00182. The number of alkyl halides is 1. The summed E-state index contributed by atoms with van der Waals surface area (Å²) in [5.41, 5.74) is 4.03. The normalized spacial score (nSPS) is 25.8. The van der Waals surface area contributed by atoms with Gasteiger partial charge in [-0.15, -0.1) is 0 Å². The van der Waals surface area contributed by atoms with Crippen LogP contribution in [0.15, 0.2) is 41.5 Å². The summed E-state index contributed by atoms with van der Waals surface area (Å²) in [7, 11) is -1.58. The Morgan fingerprint density at radius 1 is 1.39 bits per heavy atom. The number of rotatable bonds is 5. The first-order valence-corrected chi connectivity index (χ1v) is 11.3. The van der Waals surface area contributed by atoms with Crippen molar-refractivity contribution in [1.82, 2.24) is 9.29 Å². The number of carbonyl (C=O) groups is 1. The molecule has 33 heavy (non-hydrogen) atoms. The first-order valence-electron chi connectivity index (χ1n) is 9.76. The van der Waals surface area contributed by atoms with E-state index in [0.717, 1.165) is 10.4 Å². The van der Waals surface area contributed by atoms with E-state index in [1.807, 2.05) is 0 Å². The molecule has 1 unspecified atom stereocenters. The van der Waals surface area contributed by atoms with Gasteiger partial charge in [-0.3, -0.25) is 4.79 Å². The SMILES string of the molecule is COc1ccc(C(=O)Nc2ccc(F)c([C@]34COC(CF)[C@H]3S(=O)(=O)N(C)C(N)=N4)c2)nc1. The Hall–Kier alpha value is -3.32. The van der Waals surface area contributed by atoms with Crippen molar-refractivity contribution in [2.75, 3.05) is 32.8 Å². The monoisotopic (exact) mass is 481 g/mol. The molecule has 0 aliphatic carbocycles. The summed E-state index contributed by atoms with van der Waals surface area (Å²) in [6, 6.07) is 6.59. The number of benzene rings is 1. The van der Waals surface area contributed by atoms with Crippen molar-refractivity contribution >= 4 is 27.6 Å². The van der Waals surface area contributed by atoms with Gasteiger partial charge in [0.25, 0.3) is 5.91 Å². The van der Waals surface area contributed by atoms with Gasteiger partial charge in [0.15, 0.2) is 0 Å². The molecular weight excluding hydrogens is 460 g/mol. The Kier molecular flexibility index (Phi) is 5.70. The Balaban J connectivity index is 1.75. The fourth-order valence-electron chi connectivity index (χ4n) is 4.00. The topological polar surface area (TPSA) is 136 Å². The molecule has 176 valence electrons. The molecule has 3 heterocycles. The second-order valence-electron chi connectivity index (χ2n) is 7.56. The van der Waals surface area contributed by atoms with Crippen molar-refractivity contribution < 1.29 is 31.5 Å². The summed E-state index contributed by atoms with van der Waals surface area (Å²) >= 11 is 0. The molecule has 0 bridgehead atoms. The van der Waals surface area contributed by atoms with Gasteiger partial charge in [0.1, 0.15) is 40.8 Å². The number of aromatic nitrogens is 1. The predicted octanol–water partition coefficient (Wildman–Crippen LogP) is 1.00. The van der Waals surface area contributed by atoms with E-state index in [-0.39, 0.29) is 22.9 Å². The summed E-state index contributed by atoms with van der Waals surface area (Å²) in [4.78, 5) is 20.8. The number of pyridine rings is 1. The van der Waals surface area contributed by atoms with Crippen LogP contribution in [0.4, 0.5) is 14.5 Å². The van der Waals surface area contributed by atoms with Crippen LogP contribution in [0.3, 0.4) is 0 Å². The standard InChI is InChI=1S/C20H21F2N5O5S/c1-27-19(23)26-20(10-32-16(8-21)17(20)33(27,29)30)13-7-11(3-5-14(13)22)25-18(28)15-6-4-12(31-2)9-24-15/h3-7,9,16-17H,8,10H2,1-2H3,(H2,23,26)(H,25,28)/t16?,17-,20-/m1/s1. The van der Waals surface area contributed by atoms with Gasteiger partial charge in [-0.25, -0.2) is 31.5 Å². The number of nitrogens with one attached hydrogen (secondary N) is 1. The highest BCUT2D eigenvalue weighted by molar-refractivity contribution is 7.90. The van der Waals surface area contributed by atoms with E-state index in [2.05, 4.69) is 15.3 Å². The number of aliphatic imine (C=N–C) groups is 1. The van der Waals surface area contributed by atoms with E-state index in [1.54, 1.807) is 6.07 Å². The fraction of sp³-hybridized carbons (Fsp3) is 0.350. The molecular formula is C20H21F2N5O5S. The van der Waals surface area contributed by atoms with Crippen molar-refractivity contribution in [2.24, 2.45) is 10.7 Å². The molecule has 3 N–H and O–H groups in total. The zero-order valence-electron chi connectivity index (χ0n) is 17.7. The first kappa shape index (κ1) is 22.9. The number of ether oxygens (including phenoxy) is 2. The Morgan fingerprint density at radius 2 is 2.15 bits per heavy atom. The number of sulfonamides is 1. The van der Waals surface area contributed by atoms with E-state index >= 15 is 4.39 Å². The van der Waals surface area contributed by atoms with Crippen LogP contribution in [0.2, 0.25) is 0 Å². The number of carbonyl (C=O) groups excluding carboxylic acids is 1. The maximum atomic E-state index is 15.0. The van der Waals surface area contributed by atoms with Gasteiger partial charge in [-0.1, -0.05) is 0 Å². The van der Waals surface area contributed by atoms with Crippen molar-refractivity contribution in [3.05, 3.63) is 53.6 Å². The van der Waals surface area contributed by atoms with Crippen LogP contribution in [0.5, 0.6) is 5.75 Å². The molecule has 4 rings (SSSR count). The highest BCUT2D eigenvalue weighted by Crippen LogP contribution is 2.46. The predicted molar refractivity (Wildman–Crippen MR) is 115 cm³/mol. The van der Waals surface area contributed by atoms with Gasteiger partial charge in [-0.2, -0.15) is 0 Å². The molecule has 2 aliphatic rings. The van der Waals surface area contributed by atoms with Crippen LogP contribution >= 0.6 is 0 Å². The third kappa shape index (κ3) is 3.66. The van der Waals surface area contributed by atoms with Gasteiger partial charge in [0.2, 0.25) is 16.0 Å². The van der Waals surface area contributed by atoms with Gasteiger partial charge < -0.3 is 20.5 Å². The molecule has 1 aromatic carbocycles. The lowest BCUT2D eigenvalue weighted by Gasteiger charge is -2.39. The van der Waals surface area contributed by atoms with E-state index in [4.69, 9.17) is 15.2 Å². The lowest BCUT2D eigenvalue weighted by atomic mass is 9.86. The molecule has 0 spiro atoms. The fourth-order valence-corrected chi connectivity index (χ4v) is 5.92. The van der Waals surface area contributed by atoms with E-state index in [1.165, 1.54) is 38.6 Å². The Labute approximate surface area is 188 Å². The number of hydrogen-bond acceptors (Lipinski definition) is 8. The van der Waals surface area contributed by atoms with Gasteiger partial charge in [-0.05, 0) is 30.3 Å². The summed E-state index contributed by atoms with van der Waals surface area (Å²) in [5, 5.41) is 1.04. The molecule has 2 aliphatic heterocycles. The first-order chi connectivity index (χ1) is 15.6. The second-order valence-corrected chi connectivity index (χ2v) is 9.65. The zero-order valence-corrected chi connectivity index (χ0v) is 18.5. The number of guanidine groups is 1. The minimum atomic E-state index is -4.22. The van der Waals surface area contributed by atoms with Crippen LogP contribution in [0.25, 0.3) is 0 Å². The van der Waals surface area contributed by atoms with Gasteiger partial charge in [0.05, 0.1) is 19.9 Å². The minimum absolute atomic E-state index is 0.0727. The smallest absolute Gasteiger partial charge is 0.274 e. The maximum Gasteiger partial charge on any atom is 0.274 e. The van der Waals surface area contributed by atoms with Crippen LogP contribution in [-0.4, -0.2) is 68.4 Å². The molecule has 2 aromatic rings. The van der Waals surface area contributed by atoms with Crippen molar-refractivity contribution in [2.45, 2.75) is 16.9 Å². The average molecular weight is 481 g/mol. The molecule has 1 amide bonds. The molecule has 1 fully saturated rings. The zero-order chi connectivity index (χ0) is 24.0. The third-order valence-electron chi connectivity index (χ3n) is 5.71. The number of nitrogens with zero attached hydrogens (tertiary/aromatic N) is 3. The molecule has 1 aromatic heterocycles. The summed E-state index contributed by atoms with van der Waals surface area (Å²) < 4.78 is 66.0. The largest absolute Gasteiger partial charge is 0.495 e. The molecule has 10 nitrogen and oxygen atoms in total. The molecule has 0 saturated carbocycles. The maximum absolute atomic E-state index is 15.0. The Morgan fingerprint density at radius 3 is 2.79 bits per heavy atom. The van der Waals surface area contributed by atoms with Crippen LogP contribution in [0, 0.1) is 5.82 Å². The number of halogens is 2.